The third kappa shape index (κ3) is 3.07. The molecule has 20 heavy (non-hydrogen) atoms. The maximum atomic E-state index is 11.9. The van der Waals surface area contributed by atoms with E-state index in [9.17, 15) is 9.59 Å². The van der Waals surface area contributed by atoms with Crippen LogP contribution in [0.5, 0.6) is 0 Å². The molecule has 1 saturated heterocycles. The Morgan fingerprint density at radius 1 is 1.55 bits per heavy atom. The molecule has 108 valence electrons. The summed E-state index contributed by atoms with van der Waals surface area (Å²) in [4.78, 5) is 29.0. The van der Waals surface area contributed by atoms with Gasteiger partial charge >= 0.3 is 11.9 Å². The molecule has 6 nitrogen and oxygen atoms in total. The average Bonchev–Trinajstić information content (AvgIpc) is 2.86. The molecule has 1 N–H and O–H groups in total. The van der Waals surface area contributed by atoms with Crippen LogP contribution >= 0.6 is 0 Å². The highest BCUT2D eigenvalue weighted by Gasteiger charge is 2.30. The fraction of sp³-hybridized carbons (Fsp3) is 0.500. The topological polar surface area (TPSA) is 79.7 Å². The van der Waals surface area contributed by atoms with Crippen molar-refractivity contribution in [3.8, 4) is 0 Å². The zero-order chi connectivity index (χ0) is 14.5. The van der Waals surface area contributed by atoms with E-state index in [1.807, 2.05) is 4.90 Å². The Bertz CT molecular complexity index is 504. The Labute approximate surface area is 117 Å². The molecule has 1 aromatic rings. The van der Waals surface area contributed by atoms with Gasteiger partial charge in [0.2, 0.25) is 0 Å². The molecule has 2 rings (SSSR count). The summed E-state index contributed by atoms with van der Waals surface area (Å²) >= 11 is 0. The van der Waals surface area contributed by atoms with Crippen LogP contribution in [0.3, 0.4) is 0 Å². The van der Waals surface area contributed by atoms with Crippen molar-refractivity contribution in [3.63, 3.8) is 0 Å². The minimum absolute atomic E-state index is 0.0544. The number of hydrogen-bond donors (Lipinski definition) is 1. The van der Waals surface area contributed by atoms with Gasteiger partial charge < -0.3 is 14.7 Å². The third-order valence-electron chi connectivity index (χ3n) is 3.34. The molecule has 0 saturated carbocycles. The van der Waals surface area contributed by atoms with Crippen LogP contribution in [0.2, 0.25) is 0 Å². The molecule has 1 fully saturated rings. The fourth-order valence-corrected chi connectivity index (χ4v) is 2.52. The van der Waals surface area contributed by atoms with E-state index < -0.39 is 11.9 Å². The summed E-state index contributed by atoms with van der Waals surface area (Å²) in [7, 11) is 0. The molecule has 1 aliphatic heterocycles. The van der Waals surface area contributed by atoms with Gasteiger partial charge in [-0.2, -0.15) is 0 Å². The van der Waals surface area contributed by atoms with Crippen LogP contribution in [0.1, 0.15) is 36.5 Å². The van der Waals surface area contributed by atoms with E-state index in [1.54, 1.807) is 25.3 Å². The minimum atomic E-state index is -0.837. The molecule has 0 amide bonds. The smallest absolute Gasteiger partial charge is 0.341 e. The number of aliphatic carboxylic acids is 1. The molecule has 1 aromatic heterocycles. The van der Waals surface area contributed by atoms with Crippen molar-refractivity contribution in [2.75, 3.05) is 18.1 Å². The lowest BCUT2D eigenvalue weighted by atomic mass is 10.1. The van der Waals surface area contributed by atoms with Gasteiger partial charge in [0.25, 0.3) is 0 Å². The molecule has 2 heterocycles. The van der Waals surface area contributed by atoms with Crippen molar-refractivity contribution < 1.29 is 19.4 Å². The van der Waals surface area contributed by atoms with Gasteiger partial charge in [-0.05, 0) is 31.9 Å². The molecule has 6 heteroatoms. The van der Waals surface area contributed by atoms with Gasteiger partial charge in [-0.15, -0.1) is 0 Å². The van der Waals surface area contributed by atoms with E-state index in [-0.39, 0.29) is 12.5 Å². The molecule has 1 atom stereocenters. The predicted octanol–water partition coefficient (Wildman–Crippen LogP) is 1.70. The van der Waals surface area contributed by atoms with Crippen molar-refractivity contribution in [1.29, 1.82) is 0 Å². The Morgan fingerprint density at radius 2 is 2.35 bits per heavy atom. The number of hydrogen-bond acceptors (Lipinski definition) is 5. The summed E-state index contributed by atoms with van der Waals surface area (Å²) < 4.78 is 5.02. The zero-order valence-electron chi connectivity index (χ0n) is 11.4. The normalized spacial score (nSPS) is 18.1. The predicted molar refractivity (Wildman–Crippen MR) is 72.8 cm³/mol. The molecule has 0 aliphatic carbocycles. The number of ether oxygens (including phenoxy) is 1. The molecule has 0 spiro atoms. The van der Waals surface area contributed by atoms with Gasteiger partial charge in [0.05, 0.1) is 13.0 Å². The fourth-order valence-electron chi connectivity index (χ4n) is 2.52. The quantitative estimate of drug-likeness (QED) is 0.826. The molecular formula is C14H18N2O4. The third-order valence-corrected chi connectivity index (χ3v) is 3.34. The molecular weight excluding hydrogens is 260 g/mol. The van der Waals surface area contributed by atoms with Gasteiger partial charge in [-0.1, -0.05) is 0 Å². The lowest BCUT2D eigenvalue weighted by molar-refractivity contribution is -0.137. The summed E-state index contributed by atoms with van der Waals surface area (Å²) in [5, 5.41) is 8.96. The van der Waals surface area contributed by atoms with Crippen LogP contribution in [0, 0.1) is 0 Å². The van der Waals surface area contributed by atoms with E-state index in [0.29, 0.717) is 24.5 Å². The number of esters is 1. The summed E-state index contributed by atoms with van der Waals surface area (Å²) in [6, 6.07) is 3.23. The van der Waals surface area contributed by atoms with E-state index in [4.69, 9.17) is 9.84 Å². The van der Waals surface area contributed by atoms with E-state index in [2.05, 4.69) is 4.98 Å². The first kappa shape index (κ1) is 14.3. The van der Waals surface area contributed by atoms with Crippen LogP contribution in [-0.2, 0) is 9.53 Å². The first-order valence-electron chi connectivity index (χ1n) is 6.74. The lowest BCUT2D eigenvalue weighted by Crippen LogP contribution is -2.33. The van der Waals surface area contributed by atoms with Crippen LogP contribution in [0.25, 0.3) is 0 Å². The Kier molecular flexibility index (Phi) is 4.55. The van der Waals surface area contributed by atoms with Crippen molar-refractivity contribution >= 4 is 17.8 Å². The highest BCUT2D eigenvalue weighted by Crippen LogP contribution is 2.28. The Morgan fingerprint density at radius 3 is 3.05 bits per heavy atom. The van der Waals surface area contributed by atoms with Gasteiger partial charge in [0.15, 0.2) is 0 Å². The number of pyridine rings is 1. The summed E-state index contributed by atoms with van der Waals surface area (Å²) in [6.45, 7) is 2.75. The second kappa shape index (κ2) is 6.36. The minimum Gasteiger partial charge on any atom is -0.481 e. The second-order valence-corrected chi connectivity index (χ2v) is 4.68. The first-order valence-corrected chi connectivity index (χ1v) is 6.74. The van der Waals surface area contributed by atoms with Gasteiger partial charge in [0.1, 0.15) is 11.4 Å². The number of aromatic nitrogens is 1. The van der Waals surface area contributed by atoms with Crippen molar-refractivity contribution in [1.82, 2.24) is 4.98 Å². The summed E-state index contributed by atoms with van der Waals surface area (Å²) in [5.74, 6) is -0.734. The first-order chi connectivity index (χ1) is 9.63. The number of carbonyl (C=O) groups is 2. The average molecular weight is 278 g/mol. The van der Waals surface area contributed by atoms with E-state index in [1.165, 1.54) is 0 Å². The Balaban J connectivity index is 2.27. The maximum Gasteiger partial charge on any atom is 0.341 e. The number of carboxylic acids is 1. The SMILES string of the molecule is CCOC(=O)c1cccnc1N1CCCC1CC(=O)O. The standard InChI is InChI=1S/C14H18N2O4/c1-2-20-14(19)11-6-3-7-15-13(11)16-8-4-5-10(16)9-12(17)18/h3,6-7,10H,2,4-5,8-9H2,1H3,(H,17,18). The highest BCUT2D eigenvalue weighted by molar-refractivity contribution is 5.95. The summed E-state index contributed by atoms with van der Waals surface area (Å²) in [6.07, 6.45) is 3.36. The van der Waals surface area contributed by atoms with Gasteiger partial charge in [-0.25, -0.2) is 9.78 Å². The largest absolute Gasteiger partial charge is 0.481 e. The molecule has 0 aromatic carbocycles. The van der Waals surface area contributed by atoms with Gasteiger partial charge in [0, 0.05) is 18.8 Å². The van der Waals surface area contributed by atoms with E-state index >= 15 is 0 Å². The van der Waals surface area contributed by atoms with Crippen LogP contribution in [0.15, 0.2) is 18.3 Å². The number of carbonyl (C=O) groups excluding carboxylic acids is 1. The van der Waals surface area contributed by atoms with Crippen LogP contribution in [-0.4, -0.2) is 41.2 Å². The maximum absolute atomic E-state index is 11.9. The molecule has 1 aliphatic rings. The number of nitrogens with zero attached hydrogens (tertiary/aromatic N) is 2. The highest BCUT2D eigenvalue weighted by atomic mass is 16.5. The van der Waals surface area contributed by atoms with Crippen molar-refractivity contribution in [2.24, 2.45) is 0 Å². The number of anilines is 1. The molecule has 0 radical (unpaired) electrons. The summed E-state index contributed by atoms with van der Waals surface area (Å²) in [5.41, 5.74) is 0.395. The monoisotopic (exact) mass is 278 g/mol. The van der Waals surface area contributed by atoms with Crippen molar-refractivity contribution in [2.45, 2.75) is 32.2 Å². The van der Waals surface area contributed by atoms with Crippen LogP contribution in [0.4, 0.5) is 5.82 Å². The van der Waals surface area contributed by atoms with Crippen molar-refractivity contribution in [3.05, 3.63) is 23.9 Å². The molecule has 1 unspecified atom stereocenters. The number of rotatable bonds is 5. The Hall–Kier alpha value is -2.11. The zero-order valence-corrected chi connectivity index (χ0v) is 11.4. The lowest BCUT2D eigenvalue weighted by Gasteiger charge is -2.26. The second-order valence-electron chi connectivity index (χ2n) is 4.68. The van der Waals surface area contributed by atoms with Gasteiger partial charge in [-0.3, -0.25) is 4.79 Å². The molecule has 0 bridgehead atoms. The number of carboxylic acid groups (broad SMARTS) is 1. The van der Waals surface area contributed by atoms with E-state index in [0.717, 1.165) is 12.8 Å². The van der Waals surface area contributed by atoms with Crippen LogP contribution < -0.4 is 4.90 Å².